The molecule has 0 saturated heterocycles. The average Bonchev–Trinajstić information content (AvgIpc) is 3.52. The zero-order valence-electron chi connectivity index (χ0n) is 22.2. The molecule has 0 amide bonds. The number of imidazole rings is 1. The first-order valence-electron chi connectivity index (χ1n) is 13.2. The van der Waals surface area contributed by atoms with E-state index in [1.54, 1.807) is 53.1 Å². The standard InChI is InChI=1S/C28H25Cl2N7O3S/c1-16(2)41(39,40)35-14-17-12-18(6-7-20(17)28(15-35)8-9-28)33-26-32-13-19-24(34-26)36-11-10-31-27(36)37(25(19)38)23-21(29)4-3-5-22(23)30/h3-7,10-13,16H,8-9,14-15H2,1-2H3,(H,32,33,34). The average molecular weight is 611 g/mol. The number of hydrogen-bond acceptors (Lipinski definition) is 7. The van der Waals surface area contributed by atoms with Crippen LogP contribution in [0.25, 0.3) is 22.5 Å². The van der Waals surface area contributed by atoms with Crippen LogP contribution in [0.4, 0.5) is 11.6 Å². The molecule has 3 aromatic heterocycles. The fourth-order valence-electron chi connectivity index (χ4n) is 5.68. The van der Waals surface area contributed by atoms with Crippen LogP contribution in [0, 0.1) is 0 Å². The highest BCUT2D eigenvalue weighted by Gasteiger charge is 2.51. The van der Waals surface area contributed by atoms with Crippen LogP contribution in [-0.2, 0) is 22.0 Å². The van der Waals surface area contributed by atoms with Crippen LogP contribution in [-0.4, -0.2) is 48.4 Å². The summed E-state index contributed by atoms with van der Waals surface area (Å²) >= 11 is 12.9. The van der Waals surface area contributed by atoms with Crippen LogP contribution in [0.2, 0.25) is 10.0 Å². The molecule has 10 nitrogen and oxygen atoms in total. The molecule has 0 radical (unpaired) electrons. The first-order valence-corrected chi connectivity index (χ1v) is 15.4. The molecule has 1 aliphatic heterocycles. The minimum absolute atomic E-state index is 0.106. The Labute approximate surface area is 245 Å². The van der Waals surface area contributed by atoms with Crippen molar-refractivity contribution in [1.29, 1.82) is 0 Å². The number of benzene rings is 2. The van der Waals surface area contributed by atoms with Gasteiger partial charge in [-0.1, -0.05) is 35.3 Å². The summed E-state index contributed by atoms with van der Waals surface area (Å²) in [7, 11) is -3.39. The van der Waals surface area contributed by atoms with E-state index in [1.807, 2.05) is 12.1 Å². The lowest BCUT2D eigenvalue weighted by Crippen LogP contribution is -2.44. The maximum Gasteiger partial charge on any atom is 0.270 e. The Morgan fingerprint density at radius 2 is 1.83 bits per heavy atom. The summed E-state index contributed by atoms with van der Waals surface area (Å²) < 4.78 is 30.7. The van der Waals surface area contributed by atoms with Crippen LogP contribution in [0.5, 0.6) is 0 Å². The summed E-state index contributed by atoms with van der Waals surface area (Å²) in [5.41, 5.74) is 3.08. The Balaban J connectivity index is 1.29. The number of rotatable bonds is 5. The molecule has 2 aromatic carbocycles. The second-order valence-electron chi connectivity index (χ2n) is 10.9. The molecular formula is C28H25Cl2N7O3S. The third-order valence-corrected chi connectivity index (χ3v) is 10.8. The van der Waals surface area contributed by atoms with Crippen molar-refractivity contribution >= 4 is 61.7 Å². The molecule has 0 atom stereocenters. The second-order valence-corrected chi connectivity index (χ2v) is 14.2. The molecule has 5 aromatic rings. The van der Waals surface area contributed by atoms with Gasteiger partial charge < -0.3 is 5.32 Å². The lowest BCUT2D eigenvalue weighted by atomic mass is 9.88. The van der Waals surface area contributed by atoms with Gasteiger partial charge >= 0.3 is 0 Å². The third-order valence-electron chi connectivity index (χ3n) is 7.98. The van der Waals surface area contributed by atoms with Gasteiger partial charge in [0.25, 0.3) is 5.56 Å². The number of anilines is 2. The lowest BCUT2D eigenvalue weighted by Gasteiger charge is -2.35. The number of sulfonamides is 1. The first kappa shape index (κ1) is 26.4. The van der Waals surface area contributed by atoms with Gasteiger partial charge in [-0.05, 0) is 62.1 Å². The maximum atomic E-state index is 13.6. The number of aromatic nitrogens is 5. The molecule has 210 valence electrons. The summed E-state index contributed by atoms with van der Waals surface area (Å²) in [6, 6.07) is 11.0. The molecule has 1 aliphatic carbocycles. The third kappa shape index (κ3) is 4.13. The minimum Gasteiger partial charge on any atom is -0.324 e. The van der Waals surface area contributed by atoms with Crippen molar-refractivity contribution in [2.45, 2.75) is 43.9 Å². The van der Waals surface area contributed by atoms with Gasteiger partial charge in [-0.25, -0.2) is 23.0 Å². The smallest absolute Gasteiger partial charge is 0.270 e. The number of fused-ring (bicyclic) bond motifs is 5. The Bertz CT molecular complexity index is 2030. The minimum atomic E-state index is -3.39. The fraction of sp³-hybridized carbons (Fsp3) is 0.286. The highest BCUT2D eigenvalue weighted by molar-refractivity contribution is 7.89. The Kier molecular flexibility index (Phi) is 5.95. The number of halogens is 2. The van der Waals surface area contributed by atoms with Crippen LogP contribution >= 0.6 is 23.2 Å². The lowest BCUT2D eigenvalue weighted by molar-refractivity contribution is 0.341. The van der Waals surface area contributed by atoms with Crippen LogP contribution in [0.1, 0.15) is 37.8 Å². The SMILES string of the molecule is CC(C)S(=O)(=O)N1Cc2cc(Nc3ncc4c(=O)n(-c5c(Cl)cccc5Cl)c5nccn5c4n3)ccc2C2(CC2)C1. The molecule has 0 unspecified atom stereocenters. The molecule has 7 rings (SSSR count). The molecular weight excluding hydrogens is 585 g/mol. The van der Waals surface area contributed by atoms with Crippen molar-refractivity contribution in [3.05, 3.63) is 86.5 Å². The van der Waals surface area contributed by atoms with Crippen molar-refractivity contribution in [2.24, 2.45) is 0 Å². The Morgan fingerprint density at radius 1 is 1.07 bits per heavy atom. The zero-order valence-corrected chi connectivity index (χ0v) is 24.5. The largest absolute Gasteiger partial charge is 0.324 e. The van der Waals surface area contributed by atoms with Crippen LogP contribution < -0.4 is 10.9 Å². The summed E-state index contributed by atoms with van der Waals surface area (Å²) in [6.45, 7) is 4.29. The highest BCUT2D eigenvalue weighted by atomic mass is 35.5. The van der Waals surface area contributed by atoms with Crippen molar-refractivity contribution < 1.29 is 8.42 Å². The Morgan fingerprint density at radius 3 is 2.54 bits per heavy atom. The highest BCUT2D eigenvalue weighted by Crippen LogP contribution is 2.53. The van der Waals surface area contributed by atoms with Crippen molar-refractivity contribution in [3.63, 3.8) is 0 Å². The molecule has 1 spiro atoms. The van der Waals surface area contributed by atoms with Gasteiger partial charge in [0.2, 0.25) is 21.7 Å². The predicted octanol–water partition coefficient (Wildman–Crippen LogP) is 5.06. The van der Waals surface area contributed by atoms with E-state index in [-0.39, 0.29) is 16.7 Å². The van der Waals surface area contributed by atoms with E-state index in [4.69, 9.17) is 23.2 Å². The normalized spacial score (nSPS) is 16.5. The fourth-order valence-corrected chi connectivity index (χ4v) is 7.59. The van der Waals surface area contributed by atoms with E-state index in [0.717, 1.165) is 24.1 Å². The van der Waals surface area contributed by atoms with E-state index < -0.39 is 20.8 Å². The second kappa shape index (κ2) is 9.25. The molecule has 41 heavy (non-hydrogen) atoms. The molecule has 1 N–H and O–H groups in total. The van der Waals surface area contributed by atoms with Crippen LogP contribution in [0.15, 0.2) is 59.8 Å². The summed E-state index contributed by atoms with van der Waals surface area (Å²) in [4.78, 5) is 27.1. The predicted molar refractivity (Wildman–Crippen MR) is 159 cm³/mol. The summed E-state index contributed by atoms with van der Waals surface area (Å²) in [5.74, 6) is 0.584. The number of nitrogens with zero attached hydrogens (tertiary/aromatic N) is 6. The quantitative estimate of drug-likeness (QED) is 0.296. The summed E-state index contributed by atoms with van der Waals surface area (Å²) in [5, 5.41) is 3.63. The molecule has 0 bridgehead atoms. The zero-order chi connectivity index (χ0) is 28.7. The van der Waals surface area contributed by atoms with Gasteiger partial charge in [-0.15, -0.1) is 0 Å². The van der Waals surface area contributed by atoms with Gasteiger partial charge in [0.15, 0.2) is 5.65 Å². The van der Waals surface area contributed by atoms with Gasteiger partial charge in [0.05, 0.1) is 21.0 Å². The molecule has 13 heteroatoms. The van der Waals surface area contributed by atoms with Gasteiger partial charge in [-0.2, -0.15) is 9.29 Å². The number of hydrogen-bond donors (Lipinski definition) is 1. The van der Waals surface area contributed by atoms with E-state index in [1.165, 1.54) is 16.3 Å². The number of nitrogens with one attached hydrogen (secondary N) is 1. The van der Waals surface area contributed by atoms with E-state index >= 15 is 0 Å². The van der Waals surface area contributed by atoms with Crippen LogP contribution in [0.3, 0.4) is 0 Å². The summed E-state index contributed by atoms with van der Waals surface area (Å²) in [6.07, 6.45) is 6.68. The molecule has 4 heterocycles. The molecule has 1 saturated carbocycles. The Hall–Kier alpha value is -3.51. The molecule has 2 aliphatic rings. The number of para-hydroxylation sites is 1. The van der Waals surface area contributed by atoms with Crippen molar-refractivity contribution in [1.82, 2.24) is 28.2 Å². The van der Waals surface area contributed by atoms with E-state index in [9.17, 15) is 13.2 Å². The molecule has 1 fully saturated rings. The maximum absolute atomic E-state index is 13.6. The van der Waals surface area contributed by atoms with Crippen molar-refractivity contribution in [2.75, 3.05) is 11.9 Å². The first-order chi connectivity index (χ1) is 19.6. The van der Waals surface area contributed by atoms with E-state index in [0.29, 0.717) is 40.2 Å². The van der Waals surface area contributed by atoms with Gasteiger partial charge in [-0.3, -0.25) is 9.20 Å². The van der Waals surface area contributed by atoms with E-state index in [2.05, 4.69) is 26.3 Å². The van der Waals surface area contributed by atoms with Gasteiger partial charge in [0.1, 0.15) is 5.39 Å². The van der Waals surface area contributed by atoms with Gasteiger partial charge in [0, 0.05) is 42.8 Å². The topological polar surface area (TPSA) is 114 Å². The van der Waals surface area contributed by atoms with Crippen molar-refractivity contribution in [3.8, 4) is 5.69 Å². The monoisotopic (exact) mass is 609 g/mol.